The molecule has 0 fully saturated rings. The van der Waals surface area contributed by atoms with Crippen LogP contribution in [0.25, 0.3) is 16.8 Å². The number of halogens is 2. The number of aliphatic hydroxyl groups is 1. The fraction of sp³-hybridized carbons (Fsp3) is 0.0667. The number of aromatic nitrogens is 2. The molecule has 2 aromatic heterocycles. The van der Waals surface area contributed by atoms with Crippen LogP contribution < -0.4 is 5.56 Å². The van der Waals surface area contributed by atoms with E-state index in [9.17, 15) is 14.3 Å². The monoisotopic (exact) mass is 304 g/mol. The van der Waals surface area contributed by atoms with E-state index < -0.39 is 18.0 Å². The highest BCUT2D eigenvalue weighted by atomic mass is 35.5. The molecule has 0 spiro atoms. The van der Waals surface area contributed by atoms with Gasteiger partial charge >= 0.3 is 0 Å². The lowest BCUT2D eigenvalue weighted by Gasteiger charge is -2.09. The number of aliphatic hydroxyl groups excluding tert-OH is 1. The minimum atomic E-state index is -0.466. The van der Waals surface area contributed by atoms with Crippen LogP contribution in [0, 0.1) is 5.82 Å². The van der Waals surface area contributed by atoms with Gasteiger partial charge in [0.05, 0.1) is 22.9 Å². The first-order valence-electron chi connectivity index (χ1n) is 6.18. The molecular weight excluding hydrogens is 295 g/mol. The van der Waals surface area contributed by atoms with Crippen LogP contribution in [0.15, 0.2) is 47.4 Å². The Morgan fingerprint density at radius 2 is 2.10 bits per heavy atom. The molecule has 1 N–H and O–H groups in total. The number of hydrogen-bond acceptors (Lipinski definition) is 3. The van der Waals surface area contributed by atoms with Gasteiger partial charge in [0.15, 0.2) is 0 Å². The predicted octanol–water partition coefficient (Wildman–Crippen LogP) is 2.65. The Hall–Kier alpha value is -2.24. The molecule has 2 heterocycles. The van der Waals surface area contributed by atoms with Gasteiger partial charge in [-0.05, 0) is 29.8 Å². The summed E-state index contributed by atoms with van der Waals surface area (Å²) in [7, 11) is 0. The second-order valence-electron chi connectivity index (χ2n) is 4.48. The van der Waals surface area contributed by atoms with Crippen molar-refractivity contribution in [3.05, 3.63) is 69.5 Å². The molecule has 0 radical (unpaired) electrons. The molecule has 0 aliphatic heterocycles. The van der Waals surface area contributed by atoms with Gasteiger partial charge in [-0.25, -0.2) is 9.37 Å². The van der Waals surface area contributed by atoms with E-state index in [1.54, 1.807) is 18.2 Å². The summed E-state index contributed by atoms with van der Waals surface area (Å²) in [5.74, 6) is -0.466. The minimum absolute atomic E-state index is 0.164. The van der Waals surface area contributed by atoms with Crippen LogP contribution in [-0.4, -0.2) is 14.5 Å². The Morgan fingerprint density at radius 1 is 1.29 bits per heavy atom. The number of benzene rings is 1. The second kappa shape index (κ2) is 5.27. The zero-order chi connectivity index (χ0) is 15.0. The van der Waals surface area contributed by atoms with Crippen LogP contribution in [0.5, 0.6) is 0 Å². The standard InChI is InChI=1S/C15H10ClFN2O2/c16-10-4-5-13-18-12(8-20)14(15(21)19(13)7-10)9-2-1-3-11(17)6-9/h1-7,20H,8H2. The van der Waals surface area contributed by atoms with Crippen molar-refractivity contribution in [1.82, 2.24) is 9.38 Å². The summed E-state index contributed by atoms with van der Waals surface area (Å²) < 4.78 is 14.7. The number of fused-ring (bicyclic) bond motifs is 1. The van der Waals surface area contributed by atoms with E-state index in [-0.39, 0.29) is 11.3 Å². The quantitative estimate of drug-likeness (QED) is 0.792. The maximum atomic E-state index is 13.4. The zero-order valence-electron chi connectivity index (χ0n) is 10.8. The van der Waals surface area contributed by atoms with Gasteiger partial charge in [-0.1, -0.05) is 23.7 Å². The highest BCUT2D eigenvalue weighted by Gasteiger charge is 2.14. The molecule has 0 saturated heterocycles. The lowest BCUT2D eigenvalue weighted by molar-refractivity contribution is 0.277. The summed E-state index contributed by atoms with van der Waals surface area (Å²) in [6, 6.07) is 8.79. The third-order valence-corrected chi connectivity index (χ3v) is 3.35. The first kappa shape index (κ1) is 13.7. The normalized spacial score (nSPS) is 11.0. The molecule has 0 atom stereocenters. The van der Waals surface area contributed by atoms with Crippen LogP contribution >= 0.6 is 11.6 Å². The van der Waals surface area contributed by atoms with Crippen molar-refractivity contribution >= 4 is 17.2 Å². The van der Waals surface area contributed by atoms with Crippen LogP contribution in [0.4, 0.5) is 4.39 Å². The molecule has 0 saturated carbocycles. The largest absolute Gasteiger partial charge is 0.390 e. The predicted molar refractivity (Wildman–Crippen MR) is 77.8 cm³/mol. The van der Waals surface area contributed by atoms with Gasteiger partial charge in [0.1, 0.15) is 11.5 Å². The zero-order valence-corrected chi connectivity index (χ0v) is 11.5. The summed E-state index contributed by atoms with van der Waals surface area (Å²) in [4.78, 5) is 16.8. The topological polar surface area (TPSA) is 54.6 Å². The van der Waals surface area contributed by atoms with E-state index in [1.807, 2.05) is 0 Å². The molecule has 6 heteroatoms. The number of hydrogen-bond donors (Lipinski definition) is 1. The molecule has 0 unspecified atom stereocenters. The smallest absolute Gasteiger partial charge is 0.266 e. The van der Waals surface area contributed by atoms with Gasteiger partial charge in [0.2, 0.25) is 0 Å². The number of rotatable bonds is 2. The van der Waals surface area contributed by atoms with Crippen LogP contribution in [-0.2, 0) is 6.61 Å². The lowest BCUT2D eigenvalue weighted by atomic mass is 10.1. The SMILES string of the molecule is O=c1c(-c2cccc(F)c2)c(CO)nc2ccc(Cl)cn12. The maximum absolute atomic E-state index is 13.4. The van der Waals surface area contributed by atoms with E-state index in [0.717, 1.165) is 0 Å². The van der Waals surface area contributed by atoms with E-state index in [0.29, 0.717) is 16.2 Å². The Morgan fingerprint density at radius 3 is 2.81 bits per heavy atom. The highest BCUT2D eigenvalue weighted by Crippen LogP contribution is 2.21. The highest BCUT2D eigenvalue weighted by molar-refractivity contribution is 6.30. The fourth-order valence-corrected chi connectivity index (χ4v) is 2.37. The molecule has 3 aromatic rings. The molecule has 3 rings (SSSR count). The summed E-state index contributed by atoms with van der Waals surface area (Å²) in [6.07, 6.45) is 1.44. The van der Waals surface area contributed by atoms with Crippen molar-refractivity contribution in [1.29, 1.82) is 0 Å². The molecule has 1 aromatic carbocycles. The van der Waals surface area contributed by atoms with Gasteiger partial charge in [-0.2, -0.15) is 0 Å². The van der Waals surface area contributed by atoms with Crippen LogP contribution in [0.2, 0.25) is 5.02 Å². The number of pyridine rings is 1. The van der Waals surface area contributed by atoms with Crippen LogP contribution in [0.3, 0.4) is 0 Å². The van der Waals surface area contributed by atoms with E-state index in [2.05, 4.69) is 4.98 Å². The van der Waals surface area contributed by atoms with Crippen molar-refractivity contribution < 1.29 is 9.50 Å². The molecular formula is C15H10ClFN2O2. The van der Waals surface area contributed by atoms with Crippen molar-refractivity contribution in [2.75, 3.05) is 0 Å². The molecule has 0 bridgehead atoms. The number of nitrogens with zero attached hydrogens (tertiary/aromatic N) is 2. The first-order valence-corrected chi connectivity index (χ1v) is 6.55. The molecule has 106 valence electrons. The Kier molecular flexibility index (Phi) is 3.45. The summed E-state index contributed by atoms with van der Waals surface area (Å²) in [6.45, 7) is -0.416. The minimum Gasteiger partial charge on any atom is -0.390 e. The van der Waals surface area contributed by atoms with Gasteiger partial charge in [-0.3, -0.25) is 9.20 Å². The van der Waals surface area contributed by atoms with Crippen molar-refractivity contribution in [2.45, 2.75) is 6.61 Å². The van der Waals surface area contributed by atoms with Gasteiger partial charge in [0.25, 0.3) is 5.56 Å². The molecule has 0 amide bonds. The maximum Gasteiger partial charge on any atom is 0.266 e. The fourth-order valence-electron chi connectivity index (χ4n) is 2.21. The third kappa shape index (κ3) is 2.41. The summed E-state index contributed by atoms with van der Waals surface area (Å²) in [5.41, 5.74) is 0.696. The Labute approximate surface area is 124 Å². The van der Waals surface area contributed by atoms with Crippen molar-refractivity contribution in [3.63, 3.8) is 0 Å². The summed E-state index contributed by atoms with van der Waals surface area (Å²) in [5, 5.41) is 9.84. The lowest BCUT2D eigenvalue weighted by Crippen LogP contribution is -2.20. The second-order valence-corrected chi connectivity index (χ2v) is 4.92. The van der Waals surface area contributed by atoms with E-state index >= 15 is 0 Å². The van der Waals surface area contributed by atoms with Crippen molar-refractivity contribution in [3.8, 4) is 11.1 Å². The van der Waals surface area contributed by atoms with Crippen LogP contribution in [0.1, 0.15) is 5.69 Å². The van der Waals surface area contributed by atoms with E-state index in [1.165, 1.54) is 28.8 Å². The average Bonchev–Trinajstić information content (AvgIpc) is 2.47. The first-order chi connectivity index (χ1) is 10.1. The molecule has 0 aliphatic rings. The van der Waals surface area contributed by atoms with Gasteiger partial charge in [0, 0.05) is 6.20 Å². The molecule has 4 nitrogen and oxygen atoms in total. The third-order valence-electron chi connectivity index (χ3n) is 3.12. The molecule has 0 aliphatic carbocycles. The molecule has 21 heavy (non-hydrogen) atoms. The van der Waals surface area contributed by atoms with E-state index in [4.69, 9.17) is 11.6 Å². The Bertz CT molecular complexity index is 892. The van der Waals surface area contributed by atoms with Crippen molar-refractivity contribution in [2.24, 2.45) is 0 Å². The Balaban J connectivity index is 2.40. The van der Waals surface area contributed by atoms with Gasteiger partial charge < -0.3 is 5.11 Å². The summed E-state index contributed by atoms with van der Waals surface area (Å²) >= 11 is 5.89. The van der Waals surface area contributed by atoms with Gasteiger partial charge in [-0.15, -0.1) is 0 Å². The average molecular weight is 305 g/mol.